The number of carbonyl (C=O) groups excluding carboxylic acids is 1. The molecular weight excluding hydrogens is 300 g/mol. The van der Waals surface area contributed by atoms with Gasteiger partial charge in [0.1, 0.15) is 6.10 Å². The smallest absolute Gasteiger partial charge is 0.294 e. The number of aliphatic hydroxyl groups excluding tert-OH is 1. The van der Waals surface area contributed by atoms with Crippen molar-refractivity contribution in [2.24, 2.45) is 17.4 Å². The third-order valence-corrected chi connectivity index (χ3v) is 4.23. The van der Waals surface area contributed by atoms with E-state index < -0.39 is 42.7 Å². The maximum atomic E-state index is 13.3. The van der Waals surface area contributed by atoms with Crippen LogP contribution in [0.5, 0.6) is 0 Å². The molecule has 1 aliphatic rings. The van der Waals surface area contributed by atoms with Crippen LogP contribution in [0.2, 0.25) is 0 Å². The molecule has 6 N–H and O–H groups in total. The number of aliphatic hydroxyl groups is 1. The topological polar surface area (TPSA) is 120 Å². The molecule has 0 spiro atoms. The molecule has 0 aromatic rings. The second-order valence-corrected chi connectivity index (χ2v) is 5.64. The molecule has 1 amide bonds. The number of hydrogen-bond donors (Lipinski definition) is 4. The van der Waals surface area contributed by atoms with Gasteiger partial charge in [0.2, 0.25) is 0 Å². The second-order valence-electron chi connectivity index (χ2n) is 5.64. The number of methoxy groups -OCH3 is 2. The average Bonchev–Trinajstić information content (AvgIpc) is 2.49. The molecule has 0 heterocycles. The zero-order valence-corrected chi connectivity index (χ0v) is 13.0. The van der Waals surface area contributed by atoms with Crippen molar-refractivity contribution >= 4 is 5.91 Å². The second kappa shape index (κ2) is 7.60. The van der Waals surface area contributed by atoms with Gasteiger partial charge in [-0.25, -0.2) is 8.78 Å². The Hall–Kier alpha value is -0.870. The molecule has 2 unspecified atom stereocenters. The van der Waals surface area contributed by atoms with E-state index in [0.29, 0.717) is 6.42 Å². The van der Waals surface area contributed by atoms with Crippen LogP contribution in [0, 0.1) is 5.92 Å². The molecule has 6 atom stereocenters. The van der Waals surface area contributed by atoms with Gasteiger partial charge in [0.05, 0.1) is 18.7 Å². The summed E-state index contributed by atoms with van der Waals surface area (Å²) in [6.07, 6.45) is -3.15. The van der Waals surface area contributed by atoms with Crippen molar-refractivity contribution < 1.29 is 28.2 Å². The van der Waals surface area contributed by atoms with Crippen molar-refractivity contribution in [3.63, 3.8) is 0 Å². The van der Waals surface area contributed by atoms with Crippen molar-refractivity contribution in [2.75, 3.05) is 20.8 Å². The first-order valence-electron chi connectivity index (χ1n) is 7.07. The maximum Gasteiger partial charge on any atom is 0.294 e. The third-order valence-electron chi connectivity index (χ3n) is 4.23. The maximum absolute atomic E-state index is 13.3. The Kier molecular flexibility index (Phi) is 6.63. The summed E-state index contributed by atoms with van der Waals surface area (Å²) in [4.78, 5) is 11.8. The minimum Gasteiger partial charge on any atom is -0.378 e. The van der Waals surface area contributed by atoms with E-state index in [1.807, 2.05) is 6.92 Å². The van der Waals surface area contributed by atoms with Gasteiger partial charge in [0.25, 0.3) is 11.8 Å². The highest BCUT2D eigenvalue weighted by molar-refractivity contribution is 5.82. The van der Waals surface area contributed by atoms with Gasteiger partial charge in [-0.15, -0.1) is 0 Å². The highest BCUT2D eigenvalue weighted by Gasteiger charge is 2.46. The summed E-state index contributed by atoms with van der Waals surface area (Å²) >= 11 is 0. The number of hydrogen-bond acceptors (Lipinski definition) is 6. The number of rotatable bonds is 6. The van der Waals surface area contributed by atoms with E-state index in [1.54, 1.807) is 0 Å². The normalized spacial score (nSPS) is 34.3. The molecular formula is C13H25F2N3O4. The fraction of sp³-hybridized carbons (Fsp3) is 0.923. The Balaban J connectivity index is 2.84. The van der Waals surface area contributed by atoms with Crippen LogP contribution in [-0.4, -0.2) is 68.1 Å². The van der Waals surface area contributed by atoms with Crippen LogP contribution < -0.4 is 16.8 Å². The summed E-state index contributed by atoms with van der Waals surface area (Å²) in [6.45, 7) is 0.761. The summed E-state index contributed by atoms with van der Waals surface area (Å²) < 4.78 is 37.3. The summed E-state index contributed by atoms with van der Waals surface area (Å²) in [6, 6.07) is -0.939. The van der Waals surface area contributed by atoms with Crippen molar-refractivity contribution in [2.45, 2.75) is 49.7 Å². The first kappa shape index (κ1) is 19.2. The van der Waals surface area contributed by atoms with Crippen molar-refractivity contribution in [1.82, 2.24) is 5.32 Å². The molecule has 130 valence electrons. The Morgan fingerprint density at radius 1 is 1.41 bits per heavy atom. The molecule has 22 heavy (non-hydrogen) atoms. The van der Waals surface area contributed by atoms with Crippen LogP contribution in [-0.2, 0) is 14.3 Å². The first-order chi connectivity index (χ1) is 10.2. The predicted molar refractivity (Wildman–Crippen MR) is 75.3 cm³/mol. The lowest BCUT2D eigenvalue weighted by atomic mass is 9.78. The number of nitrogens with one attached hydrogen (secondary N) is 1. The number of carbonyl (C=O) groups is 1. The largest absolute Gasteiger partial charge is 0.378 e. The standard InChI is InChI=1S/C13H25F2N3O4/c1-6-7(17)4-8(10(22-3)9(6)21-2)18-12(20)11(19)13(14,15)5-16/h6-11,19H,4-5,16-17H2,1-3H3,(H,18,20)/t6-,7+,8-,9+,10?,11?/m1/s1. The van der Waals surface area contributed by atoms with E-state index in [0.717, 1.165) is 0 Å². The van der Waals surface area contributed by atoms with Crippen molar-refractivity contribution in [3.8, 4) is 0 Å². The molecule has 1 aliphatic carbocycles. The van der Waals surface area contributed by atoms with Crippen LogP contribution in [0.3, 0.4) is 0 Å². The molecule has 0 aromatic heterocycles. The Bertz CT molecular complexity index is 386. The fourth-order valence-electron chi connectivity index (χ4n) is 2.77. The Morgan fingerprint density at radius 2 is 1.95 bits per heavy atom. The lowest BCUT2D eigenvalue weighted by Gasteiger charge is -2.43. The molecule has 1 rings (SSSR count). The van der Waals surface area contributed by atoms with Gasteiger partial charge in [-0.05, 0) is 6.42 Å². The van der Waals surface area contributed by atoms with E-state index >= 15 is 0 Å². The number of halogens is 2. The Labute approximate surface area is 128 Å². The van der Waals surface area contributed by atoms with E-state index in [4.69, 9.17) is 20.9 Å². The van der Waals surface area contributed by atoms with E-state index in [2.05, 4.69) is 5.32 Å². The van der Waals surface area contributed by atoms with Gasteiger partial charge in [0.15, 0.2) is 6.10 Å². The molecule has 0 radical (unpaired) electrons. The number of alkyl halides is 2. The quantitative estimate of drug-likeness (QED) is 0.488. The fourth-order valence-corrected chi connectivity index (χ4v) is 2.77. The number of amides is 1. The van der Waals surface area contributed by atoms with Gasteiger partial charge in [0, 0.05) is 26.2 Å². The van der Waals surface area contributed by atoms with E-state index in [1.165, 1.54) is 14.2 Å². The summed E-state index contributed by atoms with van der Waals surface area (Å²) in [7, 11) is 2.92. The van der Waals surface area contributed by atoms with Gasteiger partial charge in [-0.1, -0.05) is 6.92 Å². The summed E-state index contributed by atoms with van der Waals surface area (Å²) in [5.74, 6) is -4.94. The van der Waals surface area contributed by atoms with Crippen molar-refractivity contribution in [3.05, 3.63) is 0 Å². The van der Waals surface area contributed by atoms with Crippen LogP contribution >= 0.6 is 0 Å². The Morgan fingerprint density at radius 3 is 2.41 bits per heavy atom. The highest BCUT2D eigenvalue weighted by Crippen LogP contribution is 2.28. The van der Waals surface area contributed by atoms with Crippen LogP contribution in [0.25, 0.3) is 0 Å². The lowest BCUT2D eigenvalue weighted by Crippen LogP contribution is -2.63. The van der Waals surface area contributed by atoms with Gasteiger partial charge >= 0.3 is 0 Å². The zero-order chi connectivity index (χ0) is 17.1. The molecule has 0 saturated heterocycles. The number of nitrogens with two attached hydrogens (primary N) is 2. The monoisotopic (exact) mass is 325 g/mol. The number of ether oxygens (including phenoxy) is 2. The molecule has 9 heteroatoms. The van der Waals surface area contributed by atoms with Gasteiger partial charge in [-0.2, -0.15) is 0 Å². The third kappa shape index (κ3) is 3.90. The molecule has 0 aliphatic heterocycles. The molecule has 0 aromatic carbocycles. The zero-order valence-electron chi connectivity index (χ0n) is 13.0. The molecule has 0 bridgehead atoms. The van der Waals surface area contributed by atoms with E-state index in [9.17, 15) is 18.7 Å². The van der Waals surface area contributed by atoms with Crippen LogP contribution in [0.15, 0.2) is 0 Å². The predicted octanol–water partition coefficient (Wildman–Crippen LogP) is -1.18. The summed E-state index contributed by atoms with van der Waals surface area (Å²) in [5.41, 5.74) is 10.9. The van der Waals surface area contributed by atoms with Crippen LogP contribution in [0.4, 0.5) is 8.78 Å². The van der Waals surface area contributed by atoms with Crippen molar-refractivity contribution in [1.29, 1.82) is 0 Å². The SMILES string of the molecule is COC1[C@@H](OC)[C@H](C)[C@@H](N)C[C@H]1NC(=O)C(O)C(F)(F)CN. The van der Waals surface area contributed by atoms with Gasteiger partial charge in [-0.3, -0.25) is 4.79 Å². The minimum absolute atomic E-state index is 0.0292. The molecule has 1 fully saturated rings. The molecule has 1 saturated carbocycles. The van der Waals surface area contributed by atoms with Crippen LogP contribution in [0.1, 0.15) is 13.3 Å². The first-order valence-corrected chi connectivity index (χ1v) is 7.07. The van der Waals surface area contributed by atoms with E-state index in [-0.39, 0.29) is 12.0 Å². The average molecular weight is 325 g/mol. The minimum atomic E-state index is -3.70. The lowest BCUT2D eigenvalue weighted by molar-refractivity contribution is -0.156. The molecule has 7 nitrogen and oxygen atoms in total. The van der Waals surface area contributed by atoms with Gasteiger partial charge < -0.3 is 31.4 Å². The highest BCUT2D eigenvalue weighted by atomic mass is 19.3. The summed E-state index contributed by atoms with van der Waals surface area (Å²) in [5, 5.41) is 11.8.